The van der Waals surface area contributed by atoms with E-state index in [-0.39, 0.29) is 17.2 Å². The Balaban J connectivity index is 2.24. The normalized spacial score (nSPS) is 13.8. The number of benzene rings is 2. The SMILES string of the molecule is CC(C)(C)C(NS(=O)(=O)Cc1ccccc1)c1ccccc1. The molecule has 22 heavy (non-hydrogen) atoms. The summed E-state index contributed by atoms with van der Waals surface area (Å²) in [5, 5.41) is 0. The molecule has 2 rings (SSSR count). The van der Waals surface area contributed by atoms with Gasteiger partial charge in [-0.05, 0) is 16.5 Å². The lowest BCUT2D eigenvalue weighted by molar-refractivity contribution is 0.304. The summed E-state index contributed by atoms with van der Waals surface area (Å²) in [6, 6.07) is 18.7. The van der Waals surface area contributed by atoms with Crippen LogP contribution >= 0.6 is 0 Å². The van der Waals surface area contributed by atoms with Crippen LogP contribution in [-0.4, -0.2) is 8.42 Å². The lowest BCUT2D eigenvalue weighted by Gasteiger charge is -2.31. The molecule has 1 unspecified atom stereocenters. The van der Waals surface area contributed by atoms with Gasteiger partial charge < -0.3 is 0 Å². The maximum Gasteiger partial charge on any atom is 0.216 e. The minimum absolute atomic E-state index is 0.00669. The minimum atomic E-state index is -3.42. The van der Waals surface area contributed by atoms with Gasteiger partial charge in [-0.25, -0.2) is 13.1 Å². The van der Waals surface area contributed by atoms with Crippen molar-refractivity contribution in [3.8, 4) is 0 Å². The van der Waals surface area contributed by atoms with Crippen LogP contribution in [0, 0.1) is 5.41 Å². The number of nitrogens with one attached hydrogen (secondary N) is 1. The molecule has 0 bridgehead atoms. The van der Waals surface area contributed by atoms with Gasteiger partial charge in [0.2, 0.25) is 10.0 Å². The molecule has 0 aliphatic heterocycles. The summed E-state index contributed by atoms with van der Waals surface area (Å²) in [7, 11) is -3.42. The molecule has 0 spiro atoms. The Morgan fingerprint density at radius 3 is 1.91 bits per heavy atom. The fourth-order valence-electron chi connectivity index (χ4n) is 2.41. The Bertz CT molecular complexity index is 689. The molecule has 0 amide bonds. The van der Waals surface area contributed by atoms with Crippen LogP contribution in [0.4, 0.5) is 0 Å². The van der Waals surface area contributed by atoms with Crippen molar-refractivity contribution in [1.82, 2.24) is 4.72 Å². The van der Waals surface area contributed by atoms with Gasteiger partial charge in [0, 0.05) is 0 Å². The molecule has 4 heteroatoms. The summed E-state index contributed by atoms with van der Waals surface area (Å²) in [5.41, 5.74) is 1.55. The smallest absolute Gasteiger partial charge is 0.212 e. The molecule has 1 N–H and O–H groups in total. The minimum Gasteiger partial charge on any atom is -0.212 e. The largest absolute Gasteiger partial charge is 0.216 e. The van der Waals surface area contributed by atoms with Gasteiger partial charge in [-0.1, -0.05) is 81.4 Å². The van der Waals surface area contributed by atoms with Crippen molar-refractivity contribution in [2.45, 2.75) is 32.6 Å². The van der Waals surface area contributed by atoms with Crippen molar-refractivity contribution in [1.29, 1.82) is 0 Å². The zero-order valence-electron chi connectivity index (χ0n) is 13.3. The van der Waals surface area contributed by atoms with Crippen LogP contribution in [0.1, 0.15) is 37.9 Å². The summed E-state index contributed by atoms with van der Waals surface area (Å²) in [6.45, 7) is 6.11. The summed E-state index contributed by atoms with van der Waals surface area (Å²) < 4.78 is 27.9. The second-order valence-electron chi connectivity index (χ2n) is 6.57. The van der Waals surface area contributed by atoms with E-state index in [1.165, 1.54) is 0 Å². The monoisotopic (exact) mass is 317 g/mol. The second kappa shape index (κ2) is 6.63. The molecule has 1 atom stereocenters. The molecule has 2 aromatic carbocycles. The average Bonchev–Trinajstić information content (AvgIpc) is 2.45. The molecule has 0 saturated heterocycles. The standard InChI is InChI=1S/C18H23NO2S/c1-18(2,3)17(16-12-8-5-9-13-16)19-22(20,21)14-15-10-6-4-7-11-15/h4-13,17,19H,14H2,1-3H3. The third kappa shape index (κ3) is 4.68. The predicted octanol–water partition coefficient (Wildman–Crippen LogP) is 3.89. The summed E-state index contributed by atoms with van der Waals surface area (Å²) in [4.78, 5) is 0. The highest BCUT2D eigenvalue weighted by atomic mass is 32.2. The molecule has 0 heterocycles. The topological polar surface area (TPSA) is 46.2 Å². The van der Waals surface area contributed by atoms with Crippen LogP contribution < -0.4 is 4.72 Å². The number of sulfonamides is 1. The van der Waals surface area contributed by atoms with Crippen molar-refractivity contribution in [2.24, 2.45) is 5.41 Å². The molecule has 0 aliphatic carbocycles. The number of rotatable bonds is 5. The molecule has 0 radical (unpaired) electrons. The van der Waals surface area contributed by atoms with Gasteiger partial charge >= 0.3 is 0 Å². The van der Waals surface area contributed by atoms with Crippen LogP contribution in [0.2, 0.25) is 0 Å². The molecule has 0 aliphatic rings. The first-order valence-corrected chi connectivity index (χ1v) is 9.02. The number of hydrogen-bond acceptors (Lipinski definition) is 2. The average molecular weight is 317 g/mol. The molecular weight excluding hydrogens is 294 g/mol. The summed E-state index contributed by atoms with van der Waals surface area (Å²) >= 11 is 0. The van der Waals surface area contributed by atoms with Crippen LogP contribution in [0.3, 0.4) is 0 Å². The van der Waals surface area contributed by atoms with Crippen molar-refractivity contribution in [3.63, 3.8) is 0 Å². The van der Waals surface area contributed by atoms with E-state index in [2.05, 4.69) is 4.72 Å². The Morgan fingerprint density at radius 2 is 1.41 bits per heavy atom. The second-order valence-corrected chi connectivity index (χ2v) is 8.33. The zero-order chi connectivity index (χ0) is 16.2. The number of hydrogen-bond donors (Lipinski definition) is 1. The Labute approximate surface area is 133 Å². The third-order valence-electron chi connectivity index (χ3n) is 3.50. The fraction of sp³-hybridized carbons (Fsp3) is 0.333. The molecule has 2 aromatic rings. The van der Waals surface area contributed by atoms with E-state index in [0.29, 0.717) is 0 Å². The van der Waals surface area contributed by atoms with Crippen LogP contribution in [0.5, 0.6) is 0 Å². The predicted molar refractivity (Wildman–Crippen MR) is 90.8 cm³/mol. The van der Waals surface area contributed by atoms with E-state index in [9.17, 15) is 8.42 Å². The maximum absolute atomic E-state index is 12.5. The summed E-state index contributed by atoms with van der Waals surface area (Å²) in [6.07, 6.45) is 0. The van der Waals surface area contributed by atoms with E-state index in [4.69, 9.17) is 0 Å². The lowest BCUT2D eigenvalue weighted by atomic mass is 9.83. The highest BCUT2D eigenvalue weighted by Gasteiger charge is 2.30. The van der Waals surface area contributed by atoms with Gasteiger partial charge in [0.05, 0.1) is 11.8 Å². The van der Waals surface area contributed by atoms with Gasteiger partial charge in [0.1, 0.15) is 0 Å². The fourth-order valence-corrected chi connectivity index (χ4v) is 3.97. The van der Waals surface area contributed by atoms with Gasteiger partial charge in [-0.3, -0.25) is 0 Å². The van der Waals surface area contributed by atoms with Gasteiger partial charge in [-0.15, -0.1) is 0 Å². The first-order chi connectivity index (χ1) is 10.3. The molecule has 0 fully saturated rings. The van der Waals surface area contributed by atoms with E-state index in [1.807, 2.05) is 81.4 Å². The van der Waals surface area contributed by atoms with Crippen molar-refractivity contribution >= 4 is 10.0 Å². The highest BCUT2D eigenvalue weighted by molar-refractivity contribution is 7.88. The van der Waals surface area contributed by atoms with Crippen molar-refractivity contribution in [3.05, 3.63) is 71.8 Å². The van der Waals surface area contributed by atoms with E-state index in [0.717, 1.165) is 11.1 Å². The quantitative estimate of drug-likeness (QED) is 0.909. The van der Waals surface area contributed by atoms with Crippen LogP contribution in [0.25, 0.3) is 0 Å². The van der Waals surface area contributed by atoms with Crippen LogP contribution in [-0.2, 0) is 15.8 Å². The molecule has 118 valence electrons. The Morgan fingerprint density at radius 1 is 0.909 bits per heavy atom. The van der Waals surface area contributed by atoms with Crippen molar-refractivity contribution in [2.75, 3.05) is 0 Å². The molecule has 3 nitrogen and oxygen atoms in total. The molecule has 0 saturated carbocycles. The van der Waals surface area contributed by atoms with E-state index < -0.39 is 10.0 Å². The maximum atomic E-state index is 12.5. The van der Waals surface area contributed by atoms with Gasteiger partial charge in [-0.2, -0.15) is 0 Å². The molecular formula is C18H23NO2S. The first kappa shape index (κ1) is 16.7. The zero-order valence-corrected chi connectivity index (χ0v) is 14.1. The first-order valence-electron chi connectivity index (χ1n) is 7.37. The third-order valence-corrected chi connectivity index (χ3v) is 4.80. The van der Waals surface area contributed by atoms with E-state index in [1.54, 1.807) is 0 Å². The van der Waals surface area contributed by atoms with Gasteiger partial charge in [0.25, 0.3) is 0 Å². The Hall–Kier alpha value is -1.65. The lowest BCUT2D eigenvalue weighted by Crippen LogP contribution is -2.37. The van der Waals surface area contributed by atoms with Crippen LogP contribution in [0.15, 0.2) is 60.7 Å². The molecule has 0 aromatic heterocycles. The summed E-state index contributed by atoms with van der Waals surface area (Å²) in [5.74, 6) is -0.00669. The highest BCUT2D eigenvalue weighted by Crippen LogP contribution is 2.33. The Kier molecular flexibility index (Phi) is 5.04. The van der Waals surface area contributed by atoms with Gasteiger partial charge in [0.15, 0.2) is 0 Å². The van der Waals surface area contributed by atoms with E-state index >= 15 is 0 Å². The van der Waals surface area contributed by atoms with Crippen molar-refractivity contribution < 1.29 is 8.42 Å².